The number of hydrogen-bond donors (Lipinski definition) is 1. The molecular weight excluding hydrogens is 488 g/mol. The number of ether oxygens (including phenoxy) is 3. The summed E-state index contributed by atoms with van der Waals surface area (Å²) in [4.78, 5) is 17.4. The summed E-state index contributed by atoms with van der Waals surface area (Å²) in [6.07, 6.45) is 0.844. The summed E-state index contributed by atoms with van der Waals surface area (Å²) in [5, 5.41) is 7.64. The number of benzene rings is 2. The number of H-pyrrole nitrogens is 1. The minimum atomic E-state index is -0.0614. The Balaban J connectivity index is 1.47. The minimum absolute atomic E-state index is 0.0614. The highest BCUT2D eigenvalue weighted by Gasteiger charge is 2.24. The first-order valence-electron chi connectivity index (χ1n) is 10.7. The number of amides is 1. The van der Waals surface area contributed by atoms with E-state index in [0.29, 0.717) is 42.4 Å². The van der Waals surface area contributed by atoms with E-state index in [1.165, 1.54) is 0 Å². The van der Waals surface area contributed by atoms with Crippen molar-refractivity contribution < 1.29 is 19.0 Å². The van der Waals surface area contributed by atoms with E-state index >= 15 is 0 Å². The van der Waals surface area contributed by atoms with Gasteiger partial charge in [0.2, 0.25) is 5.75 Å². The van der Waals surface area contributed by atoms with Crippen LogP contribution >= 0.6 is 15.9 Å². The summed E-state index contributed by atoms with van der Waals surface area (Å²) >= 11 is 3.47. The summed E-state index contributed by atoms with van der Waals surface area (Å²) < 4.78 is 17.2. The zero-order valence-corrected chi connectivity index (χ0v) is 20.5. The molecule has 3 aromatic rings. The summed E-state index contributed by atoms with van der Waals surface area (Å²) in [5.74, 6) is 2.23. The van der Waals surface area contributed by atoms with Gasteiger partial charge in [0.05, 0.1) is 27.0 Å². The number of nitrogens with one attached hydrogen (secondary N) is 1. The van der Waals surface area contributed by atoms with Crippen LogP contribution in [0, 0.1) is 0 Å². The Morgan fingerprint density at radius 1 is 0.939 bits per heavy atom. The molecule has 0 aliphatic carbocycles. The molecule has 1 aliphatic heterocycles. The number of hydrogen-bond acceptors (Lipinski definition) is 6. The molecule has 1 N–H and O–H groups in total. The molecule has 174 valence electrons. The van der Waals surface area contributed by atoms with Gasteiger partial charge in [0.1, 0.15) is 0 Å². The van der Waals surface area contributed by atoms with Crippen molar-refractivity contribution in [3.63, 3.8) is 0 Å². The van der Waals surface area contributed by atoms with E-state index in [4.69, 9.17) is 14.2 Å². The first-order valence-corrected chi connectivity index (χ1v) is 11.5. The van der Waals surface area contributed by atoms with E-state index in [1.54, 1.807) is 33.5 Å². The Morgan fingerprint density at radius 3 is 2.27 bits per heavy atom. The lowest BCUT2D eigenvalue weighted by molar-refractivity contribution is 0.0766. The average Bonchev–Trinajstić information content (AvgIpc) is 3.20. The molecule has 0 spiro atoms. The summed E-state index contributed by atoms with van der Waals surface area (Å²) in [6.45, 7) is 2.77. The molecule has 4 rings (SSSR count). The number of aromatic amines is 1. The molecule has 1 amide bonds. The van der Waals surface area contributed by atoms with Crippen LogP contribution in [0.3, 0.4) is 0 Å². The second-order valence-electron chi connectivity index (χ2n) is 7.69. The first-order chi connectivity index (χ1) is 16.0. The SMILES string of the molecule is COc1cc(C(=O)N2CCCN(c3cc(-c4ccc(Br)cc4)[nH]n3)CC2)cc(OC)c1OC. The highest BCUT2D eigenvalue weighted by molar-refractivity contribution is 9.10. The third-order valence-corrected chi connectivity index (χ3v) is 6.27. The van der Waals surface area contributed by atoms with E-state index in [0.717, 1.165) is 34.5 Å². The summed E-state index contributed by atoms with van der Waals surface area (Å²) in [7, 11) is 4.63. The highest BCUT2D eigenvalue weighted by Crippen LogP contribution is 2.38. The second kappa shape index (κ2) is 10.2. The van der Waals surface area contributed by atoms with E-state index in [9.17, 15) is 4.79 Å². The Kier molecular flexibility index (Phi) is 7.08. The van der Waals surface area contributed by atoms with Crippen molar-refractivity contribution in [3.8, 4) is 28.5 Å². The number of nitrogens with zero attached hydrogens (tertiary/aromatic N) is 3. The van der Waals surface area contributed by atoms with Gasteiger partial charge >= 0.3 is 0 Å². The molecule has 0 atom stereocenters. The number of aromatic nitrogens is 2. The van der Waals surface area contributed by atoms with Crippen molar-refractivity contribution in [2.24, 2.45) is 0 Å². The first kappa shape index (κ1) is 23.0. The third-order valence-electron chi connectivity index (χ3n) is 5.74. The van der Waals surface area contributed by atoms with Gasteiger partial charge in [-0.2, -0.15) is 5.10 Å². The fraction of sp³-hybridized carbons (Fsp3) is 0.333. The Hall–Kier alpha value is -3.20. The number of rotatable bonds is 6. The van der Waals surface area contributed by atoms with Gasteiger partial charge in [-0.05, 0) is 36.2 Å². The molecule has 9 heteroatoms. The summed E-state index contributed by atoms with van der Waals surface area (Å²) in [6, 6.07) is 13.6. The van der Waals surface area contributed by atoms with Crippen molar-refractivity contribution in [3.05, 3.63) is 52.5 Å². The number of carbonyl (C=O) groups is 1. The van der Waals surface area contributed by atoms with E-state index < -0.39 is 0 Å². The van der Waals surface area contributed by atoms with Crippen LogP contribution in [0.5, 0.6) is 17.2 Å². The molecular formula is C24H27BrN4O4. The van der Waals surface area contributed by atoms with Gasteiger partial charge < -0.3 is 24.0 Å². The van der Waals surface area contributed by atoms with Crippen LogP contribution in [0.15, 0.2) is 46.9 Å². The summed E-state index contributed by atoms with van der Waals surface area (Å²) in [5.41, 5.74) is 2.55. The van der Waals surface area contributed by atoms with Crippen molar-refractivity contribution in [2.75, 3.05) is 52.4 Å². The topological polar surface area (TPSA) is 79.9 Å². The van der Waals surface area contributed by atoms with Gasteiger partial charge in [-0.3, -0.25) is 9.89 Å². The molecule has 1 aromatic heterocycles. The molecule has 0 unspecified atom stereocenters. The minimum Gasteiger partial charge on any atom is -0.493 e. The standard InChI is InChI=1S/C24H27BrN4O4/c1-31-20-13-17(14-21(32-2)23(20)33-3)24(30)29-10-4-9-28(11-12-29)22-15-19(26-27-22)16-5-7-18(25)8-6-16/h5-8,13-15H,4,9-12H2,1-3H3,(H,26,27). The quantitative estimate of drug-likeness (QED) is 0.530. The molecule has 0 saturated carbocycles. The molecule has 2 heterocycles. The van der Waals surface area contributed by atoms with Crippen LogP contribution in [-0.4, -0.2) is 68.5 Å². The van der Waals surface area contributed by atoms with Crippen LogP contribution in [-0.2, 0) is 0 Å². The van der Waals surface area contributed by atoms with Crippen LogP contribution in [0.2, 0.25) is 0 Å². The highest BCUT2D eigenvalue weighted by atomic mass is 79.9. The molecule has 0 bridgehead atoms. The van der Waals surface area contributed by atoms with Gasteiger partial charge in [0, 0.05) is 42.3 Å². The predicted octanol–water partition coefficient (Wildman–Crippen LogP) is 4.22. The van der Waals surface area contributed by atoms with Gasteiger partial charge in [0.15, 0.2) is 17.3 Å². The van der Waals surface area contributed by atoms with Gasteiger partial charge in [-0.25, -0.2) is 0 Å². The van der Waals surface area contributed by atoms with E-state index in [1.807, 2.05) is 29.2 Å². The second-order valence-corrected chi connectivity index (χ2v) is 8.61. The van der Waals surface area contributed by atoms with E-state index in [-0.39, 0.29) is 5.91 Å². The fourth-order valence-electron chi connectivity index (χ4n) is 3.99. The molecule has 1 fully saturated rings. The smallest absolute Gasteiger partial charge is 0.254 e. The van der Waals surface area contributed by atoms with Crippen LogP contribution < -0.4 is 19.1 Å². The molecule has 2 aromatic carbocycles. The zero-order chi connectivity index (χ0) is 23.4. The fourth-order valence-corrected chi connectivity index (χ4v) is 4.25. The Labute approximate surface area is 201 Å². The lowest BCUT2D eigenvalue weighted by atomic mass is 10.1. The normalized spacial score (nSPS) is 14.1. The maximum Gasteiger partial charge on any atom is 0.254 e. The van der Waals surface area contributed by atoms with Crippen LogP contribution in [0.4, 0.5) is 5.82 Å². The van der Waals surface area contributed by atoms with Gasteiger partial charge in [-0.1, -0.05) is 28.1 Å². The van der Waals surface area contributed by atoms with Gasteiger partial charge in [0.25, 0.3) is 5.91 Å². The molecule has 8 nitrogen and oxygen atoms in total. The number of halogens is 1. The molecule has 1 aliphatic rings. The van der Waals surface area contributed by atoms with Crippen molar-refractivity contribution in [1.29, 1.82) is 0 Å². The van der Waals surface area contributed by atoms with E-state index in [2.05, 4.69) is 37.1 Å². The lowest BCUT2D eigenvalue weighted by Crippen LogP contribution is -2.35. The van der Waals surface area contributed by atoms with Crippen LogP contribution in [0.1, 0.15) is 16.8 Å². The maximum atomic E-state index is 13.3. The largest absolute Gasteiger partial charge is 0.493 e. The number of carbonyl (C=O) groups excluding carboxylic acids is 1. The predicted molar refractivity (Wildman–Crippen MR) is 131 cm³/mol. The lowest BCUT2D eigenvalue weighted by Gasteiger charge is -2.22. The maximum absolute atomic E-state index is 13.3. The average molecular weight is 515 g/mol. The molecule has 1 saturated heterocycles. The Morgan fingerprint density at radius 2 is 1.64 bits per heavy atom. The number of methoxy groups -OCH3 is 3. The third kappa shape index (κ3) is 4.93. The monoisotopic (exact) mass is 514 g/mol. The van der Waals surface area contributed by atoms with Gasteiger partial charge in [-0.15, -0.1) is 0 Å². The molecule has 0 radical (unpaired) electrons. The van der Waals surface area contributed by atoms with Crippen molar-refractivity contribution in [1.82, 2.24) is 15.1 Å². The van der Waals surface area contributed by atoms with Crippen molar-refractivity contribution >= 4 is 27.7 Å². The Bertz CT molecular complexity index is 1090. The van der Waals surface area contributed by atoms with Crippen molar-refractivity contribution in [2.45, 2.75) is 6.42 Å². The number of anilines is 1. The zero-order valence-electron chi connectivity index (χ0n) is 18.9. The van der Waals surface area contributed by atoms with Crippen LogP contribution in [0.25, 0.3) is 11.3 Å². The molecule has 33 heavy (non-hydrogen) atoms.